The van der Waals surface area contributed by atoms with E-state index >= 15 is 0 Å². The molecule has 0 fully saturated rings. The van der Waals surface area contributed by atoms with Crippen molar-refractivity contribution in [1.29, 1.82) is 0 Å². The third kappa shape index (κ3) is 5.82. The van der Waals surface area contributed by atoms with Gasteiger partial charge in [-0.15, -0.1) is 0 Å². The van der Waals surface area contributed by atoms with Crippen molar-refractivity contribution in [1.82, 2.24) is 5.32 Å². The van der Waals surface area contributed by atoms with Crippen LogP contribution in [0.2, 0.25) is 0 Å². The van der Waals surface area contributed by atoms with Crippen molar-refractivity contribution < 1.29 is 22.7 Å². The average Bonchev–Trinajstić information content (AvgIpc) is 2.84. The maximum absolute atomic E-state index is 13.8. The molecular weight excluding hydrogens is 476 g/mol. The highest BCUT2D eigenvalue weighted by atomic mass is 32.2. The summed E-state index contributed by atoms with van der Waals surface area (Å²) in [5.41, 5.74) is 5.75. The van der Waals surface area contributed by atoms with Crippen LogP contribution in [0.4, 0.5) is 5.69 Å². The first-order valence-corrected chi connectivity index (χ1v) is 13.1. The van der Waals surface area contributed by atoms with E-state index in [4.69, 9.17) is 9.47 Å². The minimum atomic E-state index is -4.10. The molecule has 0 bridgehead atoms. The number of carbonyl (C=O) groups is 1. The summed E-state index contributed by atoms with van der Waals surface area (Å²) >= 11 is 0. The number of ether oxygens (including phenoxy) is 2. The summed E-state index contributed by atoms with van der Waals surface area (Å²) in [4.78, 5) is 13.2. The van der Waals surface area contributed by atoms with E-state index in [0.717, 1.165) is 26.6 Å². The van der Waals surface area contributed by atoms with Crippen LogP contribution in [-0.2, 0) is 14.8 Å². The van der Waals surface area contributed by atoms with Crippen LogP contribution in [0.5, 0.6) is 11.5 Å². The molecule has 3 aromatic carbocycles. The summed E-state index contributed by atoms with van der Waals surface area (Å²) in [5, 5.41) is 2.97. The molecule has 0 unspecified atom stereocenters. The normalized spacial score (nSPS) is 12.1. The monoisotopic (exact) mass is 510 g/mol. The maximum Gasteiger partial charge on any atom is 0.264 e. The summed E-state index contributed by atoms with van der Waals surface area (Å²) < 4.78 is 39.2. The zero-order valence-electron chi connectivity index (χ0n) is 21.9. The molecule has 0 heterocycles. The molecule has 192 valence electrons. The number of hydrogen-bond donors (Lipinski definition) is 1. The van der Waals surface area contributed by atoms with Crippen LogP contribution in [0.15, 0.2) is 59.5 Å². The zero-order chi connectivity index (χ0) is 26.6. The maximum atomic E-state index is 13.8. The molecule has 0 aliphatic heterocycles. The van der Waals surface area contributed by atoms with E-state index in [-0.39, 0.29) is 23.2 Å². The number of amides is 1. The average molecular weight is 511 g/mol. The minimum absolute atomic E-state index is 0.00780. The van der Waals surface area contributed by atoms with Crippen LogP contribution < -0.4 is 19.1 Å². The Labute approximate surface area is 214 Å². The van der Waals surface area contributed by atoms with Crippen molar-refractivity contribution in [2.24, 2.45) is 0 Å². The lowest BCUT2D eigenvalue weighted by Gasteiger charge is -2.26. The van der Waals surface area contributed by atoms with Crippen molar-refractivity contribution in [3.05, 3.63) is 82.4 Å². The van der Waals surface area contributed by atoms with Crippen molar-refractivity contribution >= 4 is 21.6 Å². The van der Waals surface area contributed by atoms with Crippen LogP contribution in [0.3, 0.4) is 0 Å². The lowest BCUT2D eigenvalue weighted by molar-refractivity contribution is -0.120. The smallest absolute Gasteiger partial charge is 0.264 e. The molecule has 0 saturated carbocycles. The van der Waals surface area contributed by atoms with Gasteiger partial charge >= 0.3 is 0 Å². The van der Waals surface area contributed by atoms with Gasteiger partial charge in [0.05, 0.1) is 30.8 Å². The Bertz CT molecular complexity index is 1350. The largest absolute Gasteiger partial charge is 0.493 e. The highest BCUT2D eigenvalue weighted by Gasteiger charge is 2.29. The molecule has 7 nitrogen and oxygen atoms in total. The fourth-order valence-electron chi connectivity index (χ4n) is 4.07. The van der Waals surface area contributed by atoms with E-state index in [1.165, 1.54) is 38.0 Å². The lowest BCUT2D eigenvalue weighted by atomic mass is 9.96. The number of aryl methyl sites for hydroxylation is 4. The number of nitrogens with zero attached hydrogens (tertiary/aromatic N) is 1. The molecule has 0 radical (unpaired) electrons. The molecular formula is C28H34N2O5S. The Balaban J connectivity index is 1.95. The van der Waals surface area contributed by atoms with E-state index in [1.54, 1.807) is 12.1 Å². The molecule has 36 heavy (non-hydrogen) atoms. The molecule has 1 atom stereocenters. The standard InChI is InChI=1S/C28H34N2O5S/c1-18-8-10-23(11-9-18)30(36(32,33)24-12-13-26(34-6)27(16-24)35-7)17-28(31)29-22(5)25-15-20(3)19(2)14-21(25)4/h8-16,22H,17H2,1-7H3,(H,29,31)/t22-/m1/s1. The Kier molecular flexibility index (Phi) is 8.30. The molecule has 0 aliphatic rings. The third-order valence-electron chi connectivity index (χ3n) is 6.28. The topological polar surface area (TPSA) is 84.9 Å². The molecule has 1 N–H and O–H groups in total. The number of hydrogen-bond acceptors (Lipinski definition) is 5. The van der Waals surface area contributed by atoms with E-state index in [2.05, 4.69) is 17.4 Å². The van der Waals surface area contributed by atoms with Gasteiger partial charge in [0.1, 0.15) is 6.54 Å². The number of carbonyl (C=O) groups excluding carboxylic acids is 1. The van der Waals surface area contributed by atoms with Gasteiger partial charge in [-0.05, 0) is 81.1 Å². The summed E-state index contributed by atoms with van der Waals surface area (Å²) in [5.74, 6) is 0.282. The summed E-state index contributed by atoms with van der Waals surface area (Å²) in [6.45, 7) is 9.51. The fraction of sp³-hybridized carbons (Fsp3) is 0.321. The number of benzene rings is 3. The van der Waals surface area contributed by atoms with E-state index in [9.17, 15) is 13.2 Å². The second-order valence-electron chi connectivity index (χ2n) is 8.95. The van der Waals surface area contributed by atoms with Gasteiger partial charge in [-0.2, -0.15) is 0 Å². The first-order chi connectivity index (χ1) is 17.0. The van der Waals surface area contributed by atoms with Gasteiger partial charge in [-0.1, -0.05) is 29.8 Å². The predicted octanol–water partition coefficient (Wildman–Crippen LogP) is 5.01. The van der Waals surface area contributed by atoms with Crippen LogP contribution >= 0.6 is 0 Å². The third-order valence-corrected chi connectivity index (χ3v) is 8.05. The van der Waals surface area contributed by atoms with Gasteiger partial charge < -0.3 is 14.8 Å². The predicted molar refractivity (Wildman–Crippen MR) is 142 cm³/mol. The fourth-order valence-corrected chi connectivity index (χ4v) is 5.51. The number of anilines is 1. The summed E-state index contributed by atoms with van der Waals surface area (Å²) in [7, 11) is -1.18. The van der Waals surface area contributed by atoms with Gasteiger partial charge in [0.15, 0.2) is 11.5 Å². The number of rotatable bonds is 9. The second-order valence-corrected chi connectivity index (χ2v) is 10.8. The molecule has 0 aromatic heterocycles. The van der Waals surface area contributed by atoms with Crippen molar-refractivity contribution in [2.45, 2.75) is 45.6 Å². The van der Waals surface area contributed by atoms with Gasteiger partial charge in [0.25, 0.3) is 10.0 Å². The Morgan fingerprint density at radius 2 is 1.47 bits per heavy atom. The molecule has 3 rings (SSSR count). The number of nitrogens with one attached hydrogen (secondary N) is 1. The summed E-state index contributed by atoms with van der Waals surface area (Å²) in [6.07, 6.45) is 0. The number of methoxy groups -OCH3 is 2. The van der Waals surface area contributed by atoms with Crippen LogP contribution in [-0.4, -0.2) is 35.1 Å². The van der Waals surface area contributed by atoms with Gasteiger partial charge in [-0.25, -0.2) is 8.42 Å². The van der Waals surface area contributed by atoms with Crippen molar-refractivity contribution in [3.8, 4) is 11.5 Å². The van der Waals surface area contributed by atoms with Crippen molar-refractivity contribution in [2.75, 3.05) is 25.1 Å². The molecule has 0 spiro atoms. The second kappa shape index (κ2) is 11.0. The van der Waals surface area contributed by atoms with Gasteiger partial charge in [-0.3, -0.25) is 9.10 Å². The van der Waals surface area contributed by atoms with E-state index < -0.39 is 15.9 Å². The van der Waals surface area contributed by atoms with Crippen LogP contribution in [0, 0.1) is 27.7 Å². The lowest BCUT2D eigenvalue weighted by Crippen LogP contribution is -2.41. The Morgan fingerprint density at radius 3 is 2.08 bits per heavy atom. The SMILES string of the molecule is COc1ccc(S(=O)(=O)N(CC(=O)N[C@H](C)c2cc(C)c(C)cc2C)c2ccc(C)cc2)cc1OC. The van der Waals surface area contributed by atoms with Gasteiger partial charge in [0, 0.05) is 6.07 Å². The highest BCUT2D eigenvalue weighted by Crippen LogP contribution is 2.32. The van der Waals surface area contributed by atoms with Crippen LogP contribution in [0.25, 0.3) is 0 Å². The van der Waals surface area contributed by atoms with E-state index in [0.29, 0.717) is 11.4 Å². The first-order valence-electron chi connectivity index (χ1n) is 11.7. The first kappa shape index (κ1) is 27.1. The van der Waals surface area contributed by atoms with Crippen molar-refractivity contribution in [3.63, 3.8) is 0 Å². The molecule has 0 aliphatic carbocycles. The number of sulfonamides is 1. The Hall–Kier alpha value is -3.52. The molecule has 1 amide bonds. The van der Waals surface area contributed by atoms with Gasteiger partial charge in [0.2, 0.25) is 5.91 Å². The van der Waals surface area contributed by atoms with Crippen LogP contribution in [0.1, 0.15) is 40.8 Å². The van der Waals surface area contributed by atoms with E-state index in [1.807, 2.05) is 46.8 Å². The minimum Gasteiger partial charge on any atom is -0.493 e. The molecule has 0 saturated heterocycles. The quantitative estimate of drug-likeness (QED) is 0.437. The highest BCUT2D eigenvalue weighted by molar-refractivity contribution is 7.92. The molecule has 8 heteroatoms. The Morgan fingerprint density at radius 1 is 0.861 bits per heavy atom. The zero-order valence-corrected chi connectivity index (χ0v) is 22.7. The summed E-state index contributed by atoms with van der Waals surface area (Å²) in [6, 6.07) is 15.2. The molecule has 3 aromatic rings.